The molecule has 0 atom stereocenters. The van der Waals surface area contributed by atoms with Gasteiger partial charge in [-0.2, -0.15) is 5.10 Å². The first-order chi connectivity index (χ1) is 14.4. The lowest BCUT2D eigenvalue weighted by molar-refractivity contribution is 0.0518. The highest BCUT2D eigenvalue weighted by Crippen LogP contribution is 2.25. The van der Waals surface area contributed by atoms with Crippen LogP contribution in [-0.4, -0.2) is 39.2 Å². The molecule has 8 heteroatoms. The van der Waals surface area contributed by atoms with Gasteiger partial charge in [0.1, 0.15) is 17.0 Å². The van der Waals surface area contributed by atoms with Crippen LogP contribution in [0.3, 0.4) is 0 Å². The van der Waals surface area contributed by atoms with Crippen LogP contribution >= 0.6 is 0 Å². The van der Waals surface area contributed by atoms with Gasteiger partial charge in [-0.1, -0.05) is 24.3 Å². The van der Waals surface area contributed by atoms with Gasteiger partial charge in [0, 0.05) is 24.2 Å². The Balaban J connectivity index is 1.82. The second-order valence-electron chi connectivity index (χ2n) is 9.79. The first-order valence-electron chi connectivity index (χ1n) is 10.6. The number of carbonyl (C=O) groups is 2. The van der Waals surface area contributed by atoms with E-state index in [4.69, 9.17) is 9.47 Å². The predicted molar refractivity (Wildman–Crippen MR) is 119 cm³/mol. The Morgan fingerprint density at radius 1 is 1.03 bits per heavy atom. The van der Waals surface area contributed by atoms with E-state index in [1.807, 2.05) is 24.3 Å². The summed E-state index contributed by atoms with van der Waals surface area (Å²) < 4.78 is 11.8. The molecule has 1 aromatic heterocycles. The van der Waals surface area contributed by atoms with E-state index in [-0.39, 0.29) is 5.82 Å². The third-order valence-corrected chi connectivity index (χ3v) is 4.33. The fraction of sp³-hybridized carbons (Fsp3) is 0.522. The summed E-state index contributed by atoms with van der Waals surface area (Å²) in [7, 11) is 0. The van der Waals surface area contributed by atoms with Crippen LogP contribution in [0.4, 0.5) is 15.4 Å². The fourth-order valence-corrected chi connectivity index (χ4v) is 2.81. The molecule has 0 spiro atoms. The summed E-state index contributed by atoms with van der Waals surface area (Å²) in [5.74, 6) is 0.179. The molecule has 0 aliphatic heterocycles. The summed E-state index contributed by atoms with van der Waals surface area (Å²) in [6.45, 7) is 11.4. The molecule has 2 N–H and O–H groups in total. The number of hydrogen-bond acceptors (Lipinski definition) is 6. The van der Waals surface area contributed by atoms with Crippen molar-refractivity contribution in [3.8, 4) is 11.3 Å². The van der Waals surface area contributed by atoms with Crippen molar-refractivity contribution in [1.82, 2.24) is 15.1 Å². The van der Waals surface area contributed by atoms with Crippen LogP contribution in [0.15, 0.2) is 30.3 Å². The zero-order valence-electron chi connectivity index (χ0n) is 19.1. The lowest BCUT2D eigenvalue weighted by Gasteiger charge is -2.21. The highest BCUT2D eigenvalue weighted by atomic mass is 16.6. The number of anilines is 1. The first-order valence-corrected chi connectivity index (χ1v) is 10.6. The average molecular weight is 429 g/mol. The number of aromatic nitrogens is 2. The number of benzene rings is 1. The quantitative estimate of drug-likeness (QED) is 0.701. The molecule has 1 amide bonds. The molecule has 0 bridgehead atoms. The molecule has 1 fully saturated rings. The van der Waals surface area contributed by atoms with Crippen molar-refractivity contribution in [3.05, 3.63) is 35.9 Å². The van der Waals surface area contributed by atoms with Crippen LogP contribution < -0.4 is 10.6 Å². The molecule has 0 unspecified atom stereocenters. The van der Waals surface area contributed by atoms with E-state index in [1.165, 1.54) is 18.4 Å². The Kier molecular flexibility index (Phi) is 6.40. The molecule has 1 aliphatic carbocycles. The Morgan fingerprint density at radius 3 is 2.19 bits per heavy atom. The molecule has 0 radical (unpaired) electrons. The molecule has 1 aliphatic rings. The number of hydrogen-bond donors (Lipinski definition) is 2. The second-order valence-corrected chi connectivity index (χ2v) is 9.79. The third-order valence-electron chi connectivity index (χ3n) is 4.33. The smallest absolute Gasteiger partial charge is 0.437 e. The standard InChI is InChI=1S/C23H32N4O4/c1-22(2,3)30-20(28)25-19-13-18(26-27(19)21(29)31-23(4,5)6)16-9-7-15(8-10-16)14-24-17-11-12-17/h7-10,13,17,24H,11-12,14H2,1-6H3,(H,25,28). The van der Waals surface area contributed by atoms with E-state index in [2.05, 4.69) is 15.7 Å². The molecular weight excluding hydrogens is 396 g/mol. The van der Waals surface area contributed by atoms with Crippen LogP contribution in [0.25, 0.3) is 11.3 Å². The SMILES string of the molecule is CC(C)(C)OC(=O)Nc1cc(-c2ccc(CNC3CC3)cc2)nn1C(=O)OC(C)(C)C. The summed E-state index contributed by atoms with van der Waals surface area (Å²) in [6.07, 6.45) is 1.13. The van der Waals surface area contributed by atoms with E-state index in [9.17, 15) is 9.59 Å². The number of carbonyl (C=O) groups excluding carboxylic acids is 2. The monoisotopic (exact) mass is 428 g/mol. The van der Waals surface area contributed by atoms with Crippen LogP contribution in [0.5, 0.6) is 0 Å². The molecule has 3 rings (SSSR count). The van der Waals surface area contributed by atoms with E-state index < -0.39 is 23.4 Å². The average Bonchev–Trinajstić information content (AvgIpc) is 3.36. The van der Waals surface area contributed by atoms with Gasteiger partial charge < -0.3 is 14.8 Å². The minimum Gasteiger partial charge on any atom is -0.444 e. The van der Waals surface area contributed by atoms with Gasteiger partial charge in [-0.15, -0.1) is 4.68 Å². The molecule has 0 saturated heterocycles. The zero-order chi connectivity index (χ0) is 22.8. The van der Waals surface area contributed by atoms with Crippen molar-refractivity contribution in [2.75, 3.05) is 5.32 Å². The van der Waals surface area contributed by atoms with Gasteiger partial charge >= 0.3 is 12.2 Å². The van der Waals surface area contributed by atoms with Gasteiger partial charge in [-0.3, -0.25) is 5.32 Å². The lowest BCUT2D eigenvalue weighted by Crippen LogP contribution is -2.31. The molecule has 31 heavy (non-hydrogen) atoms. The number of nitrogens with one attached hydrogen (secondary N) is 2. The van der Waals surface area contributed by atoms with Gasteiger partial charge in [0.25, 0.3) is 0 Å². The van der Waals surface area contributed by atoms with Gasteiger partial charge in [0.2, 0.25) is 0 Å². The summed E-state index contributed by atoms with van der Waals surface area (Å²) in [5, 5.41) is 10.5. The zero-order valence-corrected chi connectivity index (χ0v) is 19.1. The van der Waals surface area contributed by atoms with E-state index in [1.54, 1.807) is 47.6 Å². The lowest BCUT2D eigenvalue weighted by atomic mass is 10.1. The van der Waals surface area contributed by atoms with Gasteiger partial charge in [-0.05, 0) is 59.9 Å². The fourth-order valence-electron chi connectivity index (χ4n) is 2.81. The summed E-state index contributed by atoms with van der Waals surface area (Å²) in [6, 6.07) is 10.2. The van der Waals surface area contributed by atoms with Crippen LogP contribution in [-0.2, 0) is 16.0 Å². The summed E-state index contributed by atoms with van der Waals surface area (Å²) in [5.41, 5.74) is 1.16. The molecule has 168 valence electrons. The van der Waals surface area contributed by atoms with Crippen LogP contribution in [0, 0.1) is 0 Å². The molecular formula is C23H32N4O4. The molecule has 1 aromatic carbocycles. The molecule has 2 aromatic rings. The van der Waals surface area contributed by atoms with Crippen LogP contribution in [0.1, 0.15) is 59.9 Å². The van der Waals surface area contributed by atoms with Gasteiger partial charge in [-0.25, -0.2) is 9.59 Å². The highest BCUT2D eigenvalue weighted by Gasteiger charge is 2.25. The number of nitrogens with zero attached hydrogens (tertiary/aromatic N) is 2. The second kappa shape index (κ2) is 8.70. The minimum absolute atomic E-state index is 0.179. The largest absolute Gasteiger partial charge is 0.444 e. The molecule has 8 nitrogen and oxygen atoms in total. The highest BCUT2D eigenvalue weighted by molar-refractivity contribution is 5.88. The molecule has 1 heterocycles. The van der Waals surface area contributed by atoms with Crippen molar-refractivity contribution in [2.24, 2.45) is 0 Å². The van der Waals surface area contributed by atoms with E-state index in [0.29, 0.717) is 11.7 Å². The third kappa shape index (κ3) is 7.10. The van der Waals surface area contributed by atoms with Crippen molar-refractivity contribution in [2.45, 2.75) is 78.2 Å². The molecule has 1 saturated carbocycles. The first kappa shape index (κ1) is 22.8. The Hall–Kier alpha value is -2.87. The predicted octanol–water partition coefficient (Wildman–Crippen LogP) is 4.93. The summed E-state index contributed by atoms with van der Waals surface area (Å²) in [4.78, 5) is 25.0. The Morgan fingerprint density at radius 2 is 1.65 bits per heavy atom. The maximum atomic E-state index is 12.7. The number of rotatable bonds is 5. The van der Waals surface area contributed by atoms with Gasteiger partial charge in [0.15, 0.2) is 0 Å². The minimum atomic E-state index is -0.706. The van der Waals surface area contributed by atoms with Crippen molar-refractivity contribution >= 4 is 18.0 Å². The van der Waals surface area contributed by atoms with Gasteiger partial charge in [0.05, 0.1) is 5.69 Å². The van der Waals surface area contributed by atoms with E-state index in [0.717, 1.165) is 16.8 Å². The van der Waals surface area contributed by atoms with Crippen molar-refractivity contribution < 1.29 is 19.1 Å². The maximum absolute atomic E-state index is 12.7. The number of amides is 1. The van der Waals surface area contributed by atoms with E-state index >= 15 is 0 Å². The Bertz CT molecular complexity index is 932. The summed E-state index contributed by atoms with van der Waals surface area (Å²) >= 11 is 0. The maximum Gasteiger partial charge on any atom is 0.437 e. The van der Waals surface area contributed by atoms with Crippen molar-refractivity contribution in [1.29, 1.82) is 0 Å². The topological polar surface area (TPSA) is 94.5 Å². The normalized spacial score (nSPS) is 14.3. The number of ether oxygens (including phenoxy) is 2. The Labute approximate surface area is 183 Å². The van der Waals surface area contributed by atoms with Crippen LogP contribution in [0.2, 0.25) is 0 Å². The van der Waals surface area contributed by atoms with Crippen molar-refractivity contribution in [3.63, 3.8) is 0 Å².